The van der Waals surface area contributed by atoms with Crippen molar-refractivity contribution in [3.8, 4) is 28.2 Å². The van der Waals surface area contributed by atoms with Gasteiger partial charge >= 0.3 is 6.55 Å². The Balaban J connectivity index is 1.44. The zero-order valence-corrected chi connectivity index (χ0v) is 23.2. The maximum atomic E-state index is 13.8. The van der Waals surface area contributed by atoms with Crippen LogP contribution in [0.15, 0.2) is 66.1 Å². The number of anilines is 1. The van der Waals surface area contributed by atoms with Gasteiger partial charge in [-0.2, -0.15) is 13.9 Å². The number of alkyl halides is 2. The molecule has 4 aromatic heterocycles. The van der Waals surface area contributed by atoms with E-state index < -0.39 is 12.6 Å². The zero-order valence-electron chi connectivity index (χ0n) is 21.7. The van der Waals surface area contributed by atoms with Crippen LogP contribution in [0.1, 0.15) is 44.0 Å². The van der Waals surface area contributed by atoms with Gasteiger partial charge in [-0.3, -0.25) is 19.1 Å². The summed E-state index contributed by atoms with van der Waals surface area (Å²) in [6.45, 7) is -2.93. The molecule has 1 aliphatic heterocycles. The summed E-state index contributed by atoms with van der Waals surface area (Å²) >= 11 is 12.2. The van der Waals surface area contributed by atoms with Gasteiger partial charge in [0.2, 0.25) is 5.91 Å². The molecule has 1 aromatic carbocycles. The Labute approximate surface area is 246 Å². The van der Waals surface area contributed by atoms with Crippen molar-refractivity contribution < 1.29 is 13.6 Å². The van der Waals surface area contributed by atoms with Crippen LogP contribution in [-0.4, -0.2) is 45.2 Å². The van der Waals surface area contributed by atoms with Crippen LogP contribution in [0.4, 0.5) is 14.5 Å². The first-order chi connectivity index (χ1) is 20.3. The van der Waals surface area contributed by atoms with Crippen LogP contribution >= 0.6 is 23.2 Å². The summed E-state index contributed by atoms with van der Waals surface area (Å²) in [5, 5.41) is 14.9. The van der Waals surface area contributed by atoms with Crippen molar-refractivity contribution in [1.82, 2.24) is 39.3 Å². The average Bonchev–Trinajstić information content (AvgIpc) is 3.59. The normalized spacial score (nSPS) is 15.5. The minimum Gasteiger partial charge on any atom is -0.323 e. The van der Waals surface area contributed by atoms with Crippen LogP contribution < -0.4 is 10.9 Å². The van der Waals surface area contributed by atoms with E-state index in [0.717, 1.165) is 0 Å². The van der Waals surface area contributed by atoms with Crippen LogP contribution in [0, 0.1) is 0 Å². The van der Waals surface area contributed by atoms with Crippen molar-refractivity contribution in [2.75, 3.05) is 5.32 Å². The molecule has 6 rings (SSSR count). The standard InChI is InChI=1S/C27H21Cl2F2N9O2/c28-16-5-6-21(39-13-23(29)36-37-39)17(10-16)18-11-25(42)38(14-33-18)22-3-1-2-4-24(41)35-20-12-34-40(27(30)31)26(20)15-7-8-32-19(22)9-15/h5-14,22,27H,1-4H2,(H,35,41). The van der Waals surface area contributed by atoms with Gasteiger partial charge in [-0.25, -0.2) is 14.3 Å². The predicted molar refractivity (Wildman–Crippen MR) is 151 cm³/mol. The van der Waals surface area contributed by atoms with Crippen molar-refractivity contribution in [2.45, 2.75) is 38.3 Å². The van der Waals surface area contributed by atoms with E-state index in [0.29, 0.717) is 57.2 Å². The molecule has 2 bridgehead atoms. The first kappa shape index (κ1) is 27.7. The molecule has 1 aliphatic rings. The lowest BCUT2D eigenvalue weighted by Gasteiger charge is -2.21. The van der Waals surface area contributed by atoms with Gasteiger partial charge in [0.05, 0.1) is 53.2 Å². The van der Waals surface area contributed by atoms with Crippen LogP contribution in [0.5, 0.6) is 0 Å². The molecule has 0 saturated carbocycles. The van der Waals surface area contributed by atoms with Gasteiger partial charge in [-0.1, -0.05) is 34.8 Å². The van der Waals surface area contributed by atoms with Crippen LogP contribution in [0.25, 0.3) is 28.2 Å². The fourth-order valence-electron chi connectivity index (χ4n) is 5.00. The average molecular weight is 612 g/mol. The molecule has 5 aromatic rings. The number of amides is 1. The summed E-state index contributed by atoms with van der Waals surface area (Å²) < 4.78 is 31.1. The number of benzene rings is 1. The molecule has 0 radical (unpaired) electrons. The minimum absolute atomic E-state index is 0.0452. The topological polar surface area (TPSA) is 125 Å². The van der Waals surface area contributed by atoms with Gasteiger partial charge in [-0.15, -0.1) is 5.10 Å². The Morgan fingerprint density at radius 1 is 1.05 bits per heavy atom. The second kappa shape index (κ2) is 11.4. The number of fused-ring (bicyclic) bond motifs is 4. The molecule has 1 N–H and O–H groups in total. The third-order valence-electron chi connectivity index (χ3n) is 6.90. The summed E-state index contributed by atoms with van der Waals surface area (Å²) in [5.74, 6) is -0.314. The highest BCUT2D eigenvalue weighted by atomic mass is 35.5. The van der Waals surface area contributed by atoms with E-state index in [1.54, 1.807) is 30.3 Å². The molecule has 15 heteroatoms. The van der Waals surface area contributed by atoms with E-state index in [9.17, 15) is 18.4 Å². The lowest BCUT2D eigenvalue weighted by Crippen LogP contribution is -2.26. The summed E-state index contributed by atoms with van der Waals surface area (Å²) in [4.78, 5) is 35.2. The molecule has 0 spiro atoms. The van der Waals surface area contributed by atoms with Gasteiger partial charge < -0.3 is 5.32 Å². The SMILES string of the molecule is O=C1CCCCC(n2cnc(-c3cc(Cl)ccc3-n3cc(Cl)nn3)cc2=O)c2cc(ccn2)-c2c(cnn2C(F)F)N1. The predicted octanol–water partition coefficient (Wildman–Crippen LogP) is 5.55. The Morgan fingerprint density at radius 2 is 1.90 bits per heavy atom. The van der Waals surface area contributed by atoms with Crippen molar-refractivity contribution in [2.24, 2.45) is 0 Å². The Bertz CT molecular complexity index is 1850. The molecular formula is C27H21Cl2F2N9O2. The van der Waals surface area contributed by atoms with Crippen LogP contribution in [0.2, 0.25) is 10.2 Å². The molecule has 0 saturated heterocycles. The van der Waals surface area contributed by atoms with Crippen LogP contribution in [0.3, 0.4) is 0 Å². The van der Waals surface area contributed by atoms with Gasteiger partial charge in [0.15, 0.2) is 5.15 Å². The highest BCUT2D eigenvalue weighted by molar-refractivity contribution is 6.31. The van der Waals surface area contributed by atoms with Crippen molar-refractivity contribution in [1.29, 1.82) is 0 Å². The van der Waals surface area contributed by atoms with Gasteiger partial charge in [0.1, 0.15) is 0 Å². The smallest absolute Gasteiger partial charge is 0.323 e. The summed E-state index contributed by atoms with van der Waals surface area (Å²) in [6.07, 6.45) is 7.34. The molecule has 42 heavy (non-hydrogen) atoms. The van der Waals surface area contributed by atoms with Gasteiger partial charge in [0.25, 0.3) is 5.56 Å². The monoisotopic (exact) mass is 611 g/mol. The number of hydrogen-bond acceptors (Lipinski definition) is 7. The van der Waals surface area contributed by atoms with Crippen LogP contribution in [-0.2, 0) is 4.79 Å². The zero-order chi connectivity index (χ0) is 29.4. The largest absolute Gasteiger partial charge is 0.333 e. The van der Waals surface area contributed by atoms with Crippen molar-refractivity contribution in [3.63, 3.8) is 0 Å². The Hall–Kier alpha value is -4.49. The Kier molecular flexibility index (Phi) is 7.52. The highest BCUT2D eigenvalue weighted by Gasteiger charge is 2.24. The van der Waals surface area contributed by atoms with E-state index in [1.165, 1.54) is 40.2 Å². The maximum Gasteiger partial charge on any atom is 0.333 e. The fraction of sp³-hybridized carbons (Fsp3) is 0.222. The molecular weight excluding hydrogens is 591 g/mol. The Morgan fingerprint density at radius 3 is 2.67 bits per heavy atom. The first-order valence-corrected chi connectivity index (χ1v) is 13.6. The number of carbonyl (C=O) groups excluding carboxylic acids is 1. The van der Waals surface area contributed by atoms with Crippen molar-refractivity contribution in [3.05, 3.63) is 87.5 Å². The first-order valence-electron chi connectivity index (χ1n) is 12.9. The number of halogens is 4. The number of pyridine rings is 1. The van der Waals surface area contributed by atoms with Gasteiger partial charge in [-0.05, 0) is 43.2 Å². The molecule has 1 atom stereocenters. The molecule has 0 aliphatic carbocycles. The second-order valence-corrected chi connectivity index (χ2v) is 10.4. The number of aromatic nitrogens is 8. The molecule has 5 heterocycles. The number of rotatable bonds is 4. The minimum atomic E-state index is -2.93. The van der Waals surface area contributed by atoms with Gasteiger partial charge in [0, 0.05) is 34.8 Å². The number of carbonyl (C=O) groups is 1. The highest BCUT2D eigenvalue weighted by Crippen LogP contribution is 2.34. The maximum absolute atomic E-state index is 13.8. The third kappa shape index (κ3) is 5.40. The quantitative estimate of drug-likeness (QED) is 0.282. The summed E-state index contributed by atoms with van der Waals surface area (Å²) in [5.41, 5.74) is 2.13. The molecule has 0 fully saturated rings. The van der Waals surface area contributed by atoms with E-state index in [4.69, 9.17) is 23.2 Å². The molecule has 1 amide bonds. The van der Waals surface area contributed by atoms with E-state index >= 15 is 0 Å². The fourth-order valence-corrected chi connectivity index (χ4v) is 5.30. The molecule has 11 nitrogen and oxygen atoms in total. The third-order valence-corrected chi connectivity index (χ3v) is 7.31. The van der Waals surface area contributed by atoms with E-state index in [2.05, 4.69) is 30.7 Å². The molecule has 1 unspecified atom stereocenters. The number of hydrogen-bond donors (Lipinski definition) is 1. The van der Waals surface area contributed by atoms with Crippen molar-refractivity contribution >= 4 is 34.8 Å². The lowest BCUT2D eigenvalue weighted by atomic mass is 10.0. The van der Waals surface area contributed by atoms with E-state index in [1.807, 2.05) is 0 Å². The summed E-state index contributed by atoms with van der Waals surface area (Å²) in [7, 11) is 0. The van der Waals surface area contributed by atoms with E-state index in [-0.39, 0.29) is 34.4 Å². The molecule has 214 valence electrons. The lowest BCUT2D eigenvalue weighted by molar-refractivity contribution is -0.116. The number of nitrogens with zero attached hydrogens (tertiary/aromatic N) is 8. The number of nitrogens with one attached hydrogen (secondary N) is 1. The second-order valence-electron chi connectivity index (χ2n) is 9.58. The summed E-state index contributed by atoms with van der Waals surface area (Å²) in [6, 6.07) is 9.03.